The van der Waals surface area contributed by atoms with E-state index in [1.807, 2.05) is 0 Å². The summed E-state index contributed by atoms with van der Waals surface area (Å²) < 4.78 is 12.1. The average molecular weight is 400 g/mol. The van der Waals surface area contributed by atoms with Crippen LogP contribution in [0.3, 0.4) is 0 Å². The molecule has 1 aromatic heterocycles. The number of carbonyl (C=O) groups excluding carboxylic acids is 2. The molecule has 29 heavy (non-hydrogen) atoms. The number of nitrogens with one attached hydrogen (secondary N) is 1. The molecule has 0 aliphatic heterocycles. The van der Waals surface area contributed by atoms with Crippen molar-refractivity contribution in [2.24, 2.45) is 0 Å². The highest BCUT2D eigenvalue weighted by Crippen LogP contribution is 2.24. The van der Waals surface area contributed by atoms with Gasteiger partial charge in [0.05, 0.1) is 12.0 Å². The van der Waals surface area contributed by atoms with Crippen molar-refractivity contribution in [3.63, 3.8) is 0 Å². The molecule has 1 saturated carbocycles. The fourth-order valence-electron chi connectivity index (χ4n) is 3.69. The summed E-state index contributed by atoms with van der Waals surface area (Å²) in [5, 5.41) is 4.06. The van der Waals surface area contributed by atoms with Crippen molar-refractivity contribution in [1.29, 1.82) is 0 Å². The monoisotopic (exact) mass is 400 g/mol. The fourth-order valence-corrected chi connectivity index (χ4v) is 3.69. The molecule has 0 saturated heterocycles. The zero-order valence-corrected chi connectivity index (χ0v) is 17.0. The minimum Gasteiger partial charge on any atom is -0.478 e. The maximum atomic E-state index is 12.9. The summed E-state index contributed by atoms with van der Waals surface area (Å²) in [7, 11) is 0. The molecule has 1 heterocycles. The topological polar surface area (TPSA) is 86.6 Å². The summed E-state index contributed by atoms with van der Waals surface area (Å²) in [6.45, 7) is 3.59. The van der Waals surface area contributed by atoms with Gasteiger partial charge in [0.15, 0.2) is 6.10 Å². The molecule has 156 valence electrons. The van der Waals surface area contributed by atoms with Crippen LogP contribution in [0, 0.1) is 0 Å². The number of pyridine rings is 1. The van der Waals surface area contributed by atoms with Crippen LogP contribution in [0.15, 0.2) is 35.3 Å². The Morgan fingerprint density at radius 1 is 1.17 bits per heavy atom. The first-order valence-electron chi connectivity index (χ1n) is 10.2. The van der Waals surface area contributed by atoms with Gasteiger partial charge in [-0.2, -0.15) is 0 Å². The predicted octanol–water partition coefficient (Wildman–Crippen LogP) is 2.78. The zero-order chi connectivity index (χ0) is 20.8. The number of carbonyl (C=O) groups is 2. The molecule has 1 amide bonds. The maximum Gasteiger partial charge on any atom is 0.347 e. The number of fused-ring (bicyclic) bond motifs is 1. The Morgan fingerprint density at radius 3 is 2.66 bits per heavy atom. The second kappa shape index (κ2) is 9.58. The lowest BCUT2D eigenvalue weighted by molar-refractivity contribution is -0.150. The summed E-state index contributed by atoms with van der Waals surface area (Å²) in [5.41, 5.74) is -0.268. The highest BCUT2D eigenvalue weighted by atomic mass is 16.6. The average Bonchev–Trinajstić information content (AvgIpc) is 2.71. The second-order valence-corrected chi connectivity index (χ2v) is 7.38. The van der Waals surface area contributed by atoms with Gasteiger partial charge in [0, 0.05) is 17.6 Å². The van der Waals surface area contributed by atoms with Crippen molar-refractivity contribution in [2.45, 2.75) is 64.6 Å². The third kappa shape index (κ3) is 5.16. The van der Waals surface area contributed by atoms with Gasteiger partial charge in [-0.15, -0.1) is 0 Å². The highest BCUT2D eigenvalue weighted by Gasteiger charge is 2.19. The van der Waals surface area contributed by atoms with E-state index in [0.717, 1.165) is 25.7 Å². The minimum atomic E-state index is -0.788. The Kier molecular flexibility index (Phi) is 6.90. The second-order valence-electron chi connectivity index (χ2n) is 7.38. The van der Waals surface area contributed by atoms with Crippen LogP contribution in [-0.4, -0.2) is 35.2 Å². The van der Waals surface area contributed by atoms with Crippen LogP contribution < -0.4 is 15.6 Å². The van der Waals surface area contributed by atoms with Gasteiger partial charge in [0.2, 0.25) is 5.91 Å². The van der Waals surface area contributed by atoms with Gasteiger partial charge in [-0.3, -0.25) is 9.59 Å². The Bertz CT molecular complexity index is 930. The van der Waals surface area contributed by atoms with E-state index in [0.29, 0.717) is 16.5 Å². The molecule has 7 heteroatoms. The lowest BCUT2D eigenvalue weighted by Gasteiger charge is -2.23. The van der Waals surface area contributed by atoms with Crippen molar-refractivity contribution in [3.8, 4) is 5.75 Å². The third-order valence-corrected chi connectivity index (χ3v) is 5.19. The molecular formula is C22H28N2O5. The van der Waals surface area contributed by atoms with Gasteiger partial charge in [0.1, 0.15) is 12.3 Å². The number of esters is 1. The van der Waals surface area contributed by atoms with Crippen molar-refractivity contribution < 1.29 is 19.1 Å². The fraction of sp³-hybridized carbons (Fsp3) is 0.500. The smallest absolute Gasteiger partial charge is 0.347 e. The molecule has 2 aromatic rings. The van der Waals surface area contributed by atoms with Crippen LogP contribution in [0.25, 0.3) is 10.8 Å². The quantitative estimate of drug-likeness (QED) is 0.722. The van der Waals surface area contributed by atoms with Gasteiger partial charge in [-0.05, 0) is 44.9 Å². The van der Waals surface area contributed by atoms with E-state index in [-0.39, 0.29) is 30.7 Å². The number of nitrogens with zero attached hydrogens (tertiary/aromatic N) is 1. The molecule has 3 rings (SSSR count). The number of amides is 1. The normalized spacial score (nSPS) is 15.7. The van der Waals surface area contributed by atoms with Crippen LogP contribution >= 0.6 is 0 Å². The molecule has 1 aliphatic carbocycles. The number of hydrogen-bond donors (Lipinski definition) is 1. The molecule has 0 unspecified atom stereocenters. The van der Waals surface area contributed by atoms with E-state index < -0.39 is 12.1 Å². The summed E-state index contributed by atoms with van der Waals surface area (Å²) in [6, 6.07) is 7.03. The first kappa shape index (κ1) is 20.9. The Labute approximate surface area is 170 Å². The molecule has 0 radical (unpaired) electrons. The van der Waals surface area contributed by atoms with Crippen LogP contribution in [0.1, 0.15) is 46.0 Å². The van der Waals surface area contributed by atoms with Gasteiger partial charge in [0.25, 0.3) is 5.56 Å². The molecule has 7 nitrogen and oxygen atoms in total. The molecule has 1 fully saturated rings. The van der Waals surface area contributed by atoms with Gasteiger partial charge in [-0.1, -0.05) is 25.3 Å². The van der Waals surface area contributed by atoms with E-state index in [1.165, 1.54) is 11.0 Å². The maximum absolute atomic E-state index is 12.9. The summed E-state index contributed by atoms with van der Waals surface area (Å²) in [5.74, 6) is -0.183. The molecule has 1 aliphatic rings. The van der Waals surface area contributed by atoms with E-state index in [1.54, 1.807) is 44.3 Å². The standard InChI is InChI=1S/C22H28N2O5/c1-3-28-22(27)15(2)29-19-11-7-10-18-17(19)12-13-24(21(18)26)14-20(25)23-16-8-5-4-6-9-16/h7,10-13,15-16H,3-6,8-9,14H2,1-2H3,(H,23,25)/t15-/m1/s1. The van der Waals surface area contributed by atoms with E-state index in [2.05, 4.69) is 5.32 Å². The number of hydrogen-bond acceptors (Lipinski definition) is 5. The Hall–Kier alpha value is -2.83. The molecular weight excluding hydrogens is 372 g/mol. The van der Waals surface area contributed by atoms with Crippen LogP contribution in [-0.2, 0) is 20.9 Å². The molecule has 1 aromatic carbocycles. The van der Waals surface area contributed by atoms with Crippen molar-refractivity contribution in [3.05, 3.63) is 40.8 Å². The number of benzene rings is 1. The lowest BCUT2D eigenvalue weighted by atomic mass is 9.95. The molecule has 0 bridgehead atoms. The molecule has 1 N–H and O–H groups in total. The minimum absolute atomic E-state index is 0.0183. The van der Waals surface area contributed by atoms with Gasteiger partial charge in [-0.25, -0.2) is 4.79 Å². The summed E-state index contributed by atoms with van der Waals surface area (Å²) >= 11 is 0. The van der Waals surface area contributed by atoms with Gasteiger partial charge < -0.3 is 19.4 Å². The Balaban J connectivity index is 1.76. The lowest BCUT2D eigenvalue weighted by Crippen LogP contribution is -2.39. The van der Waals surface area contributed by atoms with Crippen LogP contribution in [0.5, 0.6) is 5.75 Å². The van der Waals surface area contributed by atoms with Crippen molar-refractivity contribution >= 4 is 22.6 Å². The third-order valence-electron chi connectivity index (χ3n) is 5.19. The molecule has 0 spiro atoms. The SMILES string of the molecule is CCOC(=O)[C@@H](C)Oc1cccc2c(=O)n(CC(=O)NC3CCCCC3)ccc12. The summed E-state index contributed by atoms with van der Waals surface area (Å²) in [6.07, 6.45) is 6.28. The first-order valence-corrected chi connectivity index (χ1v) is 10.2. The first-order chi connectivity index (χ1) is 14.0. The van der Waals surface area contributed by atoms with E-state index in [4.69, 9.17) is 9.47 Å². The van der Waals surface area contributed by atoms with Crippen LogP contribution in [0.2, 0.25) is 0 Å². The Morgan fingerprint density at radius 2 is 1.93 bits per heavy atom. The largest absolute Gasteiger partial charge is 0.478 e. The number of rotatable bonds is 7. The molecule has 1 atom stereocenters. The summed E-state index contributed by atoms with van der Waals surface area (Å²) in [4.78, 5) is 37.1. The highest BCUT2D eigenvalue weighted by molar-refractivity contribution is 5.88. The predicted molar refractivity (Wildman–Crippen MR) is 110 cm³/mol. The zero-order valence-electron chi connectivity index (χ0n) is 17.0. The van der Waals surface area contributed by atoms with E-state index in [9.17, 15) is 14.4 Å². The van der Waals surface area contributed by atoms with Gasteiger partial charge >= 0.3 is 5.97 Å². The van der Waals surface area contributed by atoms with Crippen LogP contribution in [0.4, 0.5) is 0 Å². The number of ether oxygens (including phenoxy) is 2. The van der Waals surface area contributed by atoms with Crippen molar-refractivity contribution in [2.75, 3.05) is 6.61 Å². The van der Waals surface area contributed by atoms with Crippen molar-refractivity contribution in [1.82, 2.24) is 9.88 Å². The van der Waals surface area contributed by atoms with E-state index >= 15 is 0 Å². The number of aromatic nitrogens is 1.